The maximum atomic E-state index is 13.1. The molecule has 0 aromatic carbocycles. The van der Waals surface area contributed by atoms with Crippen molar-refractivity contribution < 1.29 is 17.9 Å². The summed E-state index contributed by atoms with van der Waals surface area (Å²) in [5, 5.41) is 4.84. The van der Waals surface area contributed by atoms with Gasteiger partial charge in [-0.1, -0.05) is 0 Å². The molecule has 10 nitrogen and oxygen atoms in total. The van der Waals surface area contributed by atoms with E-state index in [9.17, 15) is 13.2 Å². The van der Waals surface area contributed by atoms with Crippen LogP contribution in [0.1, 0.15) is 47.1 Å². The van der Waals surface area contributed by atoms with Crippen molar-refractivity contribution >= 4 is 5.95 Å². The van der Waals surface area contributed by atoms with E-state index in [4.69, 9.17) is 9.84 Å². The second-order valence-electron chi connectivity index (χ2n) is 9.32. The van der Waals surface area contributed by atoms with Crippen LogP contribution in [0.25, 0.3) is 17.1 Å². The molecule has 4 aromatic heterocycles. The van der Waals surface area contributed by atoms with Crippen LogP contribution in [0.15, 0.2) is 24.9 Å². The fourth-order valence-electron chi connectivity index (χ4n) is 4.81. The van der Waals surface area contributed by atoms with Gasteiger partial charge in [0.15, 0.2) is 5.69 Å². The van der Waals surface area contributed by atoms with Crippen molar-refractivity contribution in [2.45, 2.75) is 44.8 Å². The number of halogens is 3. The number of ether oxygens (including phenoxy) is 1. The molecule has 1 saturated carbocycles. The highest BCUT2D eigenvalue weighted by Gasteiger charge is 2.35. The largest absolute Gasteiger partial charge is 0.479 e. The fourth-order valence-corrected chi connectivity index (χ4v) is 4.81. The van der Waals surface area contributed by atoms with E-state index in [0.717, 1.165) is 53.8 Å². The Labute approximate surface area is 210 Å². The van der Waals surface area contributed by atoms with Crippen LogP contribution < -0.4 is 9.64 Å². The highest BCUT2D eigenvalue weighted by Crippen LogP contribution is 2.44. The maximum absolute atomic E-state index is 13.1. The summed E-state index contributed by atoms with van der Waals surface area (Å²) in [7, 11) is 3.10. The van der Waals surface area contributed by atoms with Crippen molar-refractivity contribution in [1.82, 2.24) is 39.3 Å². The number of anilines is 1. The van der Waals surface area contributed by atoms with E-state index in [1.165, 1.54) is 30.3 Å². The number of fused-ring (bicyclic) bond motifs is 1. The zero-order valence-electron chi connectivity index (χ0n) is 20.5. The summed E-state index contributed by atoms with van der Waals surface area (Å²) in [6.07, 6.45) is 3.86. The van der Waals surface area contributed by atoms with Gasteiger partial charge >= 0.3 is 6.18 Å². The van der Waals surface area contributed by atoms with Gasteiger partial charge in [0.2, 0.25) is 11.8 Å². The molecule has 0 bridgehead atoms. The monoisotopic (exact) mass is 511 g/mol. The molecular weight excluding hydrogens is 487 g/mol. The first-order valence-electron chi connectivity index (χ1n) is 11.9. The van der Waals surface area contributed by atoms with Crippen LogP contribution in [0.3, 0.4) is 0 Å². The van der Waals surface area contributed by atoms with Crippen LogP contribution in [-0.4, -0.2) is 52.9 Å². The number of imidazole rings is 1. The van der Waals surface area contributed by atoms with Crippen LogP contribution in [0.4, 0.5) is 19.1 Å². The van der Waals surface area contributed by atoms with Crippen LogP contribution in [0.2, 0.25) is 0 Å². The zero-order chi connectivity index (χ0) is 25.9. The Hall–Kier alpha value is -4.03. The minimum absolute atomic E-state index is 0.150. The van der Waals surface area contributed by atoms with Crippen molar-refractivity contribution in [1.29, 1.82) is 0 Å². The van der Waals surface area contributed by atoms with Crippen molar-refractivity contribution in [3.63, 3.8) is 0 Å². The molecule has 0 N–H and O–H groups in total. The van der Waals surface area contributed by atoms with Crippen LogP contribution >= 0.6 is 0 Å². The van der Waals surface area contributed by atoms with Gasteiger partial charge < -0.3 is 14.2 Å². The van der Waals surface area contributed by atoms with Gasteiger partial charge in [0.05, 0.1) is 36.3 Å². The highest BCUT2D eigenvalue weighted by atomic mass is 19.4. The molecule has 2 aliphatic rings. The molecule has 13 heteroatoms. The topological polar surface area (TPSA) is 99.7 Å². The number of rotatable bonds is 5. The van der Waals surface area contributed by atoms with Gasteiger partial charge in [-0.2, -0.15) is 23.3 Å². The van der Waals surface area contributed by atoms with Gasteiger partial charge in [-0.3, -0.25) is 0 Å². The molecule has 0 atom stereocenters. The van der Waals surface area contributed by atoms with Crippen LogP contribution in [-0.2, 0) is 26.2 Å². The molecule has 1 fully saturated rings. The lowest BCUT2D eigenvalue weighted by molar-refractivity contribution is -0.140. The molecule has 1 aliphatic heterocycles. The fraction of sp³-hybridized carbons (Fsp3) is 0.417. The predicted molar refractivity (Wildman–Crippen MR) is 126 cm³/mol. The van der Waals surface area contributed by atoms with Crippen LogP contribution in [0, 0.1) is 6.92 Å². The molecule has 0 unspecified atom stereocenters. The third-order valence-corrected chi connectivity index (χ3v) is 6.80. The molecular formula is C24H24F3N9O. The van der Waals surface area contributed by atoms with Crippen molar-refractivity contribution in [2.75, 3.05) is 18.6 Å². The van der Waals surface area contributed by atoms with Gasteiger partial charge in [0, 0.05) is 43.7 Å². The second-order valence-corrected chi connectivity index (χ2v) is 9.32. The van der Waals surface area contributed by atoms with E-state index in [1.54, 1.807) is 7.11 Å². The van der Waals surface area contributed by atoms with Gasteiger partial charge in [0.1, 0.15) is 17.8 Å². The Bertz CT molecular complexity index is 1470. The van der Waals surface area contributed by atoms with Gasteiger partial charge in [-0.25, -0.2) is 24.6 Å². The minimum Gasteiger partial charge on any atom is -0.479 e. The molecule has 6 rings (SSSR count). The Kier molecular flexibility index (Phi) is 5.39. The molecule has 0 saturated heterocycles. The quantitative estimate of drug-likeness (QED) is 0.401. The normalized spacial score (nSPS) is 15.7. The SMILES string of the molecule is COc1ncnc(C2CC2)c1-n1nc(C)c2c1CN(c1ncc(-c3nc(C(F)(F)F)cn3C)cn1)CC2. The Morgan fingerprint density at radius 2 is 1.84 bits per heavy atom. The maximum Gasteiger partial charge on any atom is 0.434 e. The molecule has 37 heavy (non-hydrogen) atoms. The van der Waals surface area contributed by atoms with E-state index < -0.39 is 11.9 Å². The van der Waals surface area contributed by atoms with Crippen molar-refractivity contribution in [2.24, 2.45) is 7.05 Å². The van der Waals surface area contributed by atoms with E-state index in [2.05, 4.69) is 24.9 Å². The van der Waals surface area contributed by atoms with Crippen molar-refractivity contribution in [3.05, 3.63) is 53.3 Å². The molecule has 5 heterocycles. The predicted octanol–water partition coefficient (Wildman–Crippen LogP) is 3.63. The molecule has 192 valence electrons. The average Bonchev–Trinajstić information content (AvgIpc) is 3.58. The lowest BCUT2D eigenvalue weighted by Gasteiger charge is -2.28. The Morgan fingerprint density at radius 3 is 2.49 bits per heavy atom. The first-order valence-corrected chi connectivity index (χ1v) is 11.9. The summed E-state index contributed by atoms with van der Waals surface area (Å²) in [5.41, 5.74) is 4.24. The van der Waals surface area contributed by atoms with E-state index in [0.29, 0.717) is 36.4 Å². The summed E-state index contributed by atoms with van der Waals surface area (Å²) in [6, 6.07) is 0. The van der Waals surface area contributed by atoms with Gasteiger partial charge in [-0.15, -0.1) is 0 Å². The number of alkyl halides is 3. The smallest absolute Gasteiger partial charge is 0.434 e. The Balaban J connectivity index is 1.32. The zero-order valence-corrected chi connectivity index (χ0v) is 20.5. The summed E-state index contributed by atoms with van der Waals surface area (Å²) >= 11 is 0. The third kappa shape index (κ3) is 4.07. The first kappa shape index (κ1) is 23.4. The lowest BCUT2D eigenvalue weighted by atomic mass is 10.0. The van der Waals surface area contributed by atoms with Crippen LogP contribution in [0.5, 0.6) is 5.88 Å². The van der Waals surface area contributed by atoms with E-state index in [-0.39, 0.29) is 5.82 Å². The second kappa shape index (κ2) is 8.53. The average molecular weight is 512 g/mol. The third-order valence-electron chi connectivity index (χ3n) is 6.80. The van der Waals surface area contributed by atoms with E-state index in [1.807, 2.05) is 16.5 Å². The molecule has 1 aliphatic carbocycles. The highest BCUT2D eigenvalue weighted by molar-refractivity contribution is 5.55. The standard InChI is InChI=1S/C24H24F3N9O/c1-13-16-6-7-35(23-28-8-15(9-29-23)21-32-18(11-34(21)2)24(25,26)27)10-17(16)36(33-13)20-19(14-4-5-14)30-12-31-22(20)37-3/h8-9,11-12,14H,4-7,10H2,1-3H3. The number of aryl methyl sites for hydroxylation is 2. The number of hydrogen-bond donors (Lipinski definition) is 0. The summed E-state index contributed by atoms with van der Waals surface area (Å²) in [4.78, 5) is 23.6. The molecule has 4 aromatic rings. The summed E-state index contributed by atoms with van der Waals surface area (Å²) in [6.45, 7) is 3.17. The number of hydrogen-bond acceptors (Lipinski definition) is 8. The number of nitrogens with zero attached hydrogens (tertiary/aromatic N) is 9. The van der Waals surface area contributed by atoms with Crippen molar-refractivity contribution in [3.8, 4) is 23.0 Å². The van der Waals surface area contributed by atoms with E-state index >= 15 is 0 Å². The molecule has 0 radical (unpaired) electrons. The van der Waals surface area contributed by atoms with Gasteiger partial charge in [0.25, 0.3) is 0 Å². The number of aromatic nitrogens is 8. The summed E-state index contributed by atoms with van der Waals surface area (Å²) in [5.74, 6) is 1.47. The Morgan fingerprint density at radius 1 is 1.08 bits per heavy atom. The number of methoxy groups -OCH3 is 1. The molecule has 0 spiro atoms. The summed E-state index contributed by atoms with van der Waals surface area (Å²) < 4.78 is 48.0. The van der Waals surface area contributed by atoms with Gasteiger partial charge in [-0.05, 0) is 26.2 Å². The minimum atomic E-state index is -4.52. The molecule has 0 amide bonds. The first-order chi connectivity index (χ1) is 17.7. The lowest BCUT2D eigenvalue weighted by Crippen LogP contribution is -2.33.